The van der Waals surface area contributed by atoms with E-state index in [9.17, 15) is 0 Å². The summed E-state index contributed by atoms with van der Waals surface area (Å²) in [5.74, 6) is 1.68. The van der Waals surface area contributed by atoms with Crippen LogP contribution >= 0.6 is 22.6 Å². The van der Waals surface area contributed by atoms with Gasteiger partial charge in [0, 0.05) is 22.6 Å². The highest BCUT2D eigenvalue weighted by atomic mass is 127. The van der Waals surface area contributed by atoms with Gasteiger partial charge in [0.05, 0.1) is 0 Å². The van der Waals surface area contributed by atoms with Gasteiger partial charge in [0.25, 0.3) is 0 Å². The van der Waals surface area contributed by atoms with Gasteiger partial charge in [0.15, 0.2) is 0 Å². The van der Waals surface area contributed by atoms with E-state index in [1.807, 2.05) is 0 Å². The van der Waals surface area contributed by atoms with Crippen molar-refractivity contribution in [2.75, 3.05) is 13.1 Å². The van der Waals surface area contributed by atoms with Crippen LogP contribution in [0.25, 0.3) is 0 Å². The molecule has 2 rings (SSSR count). The van der Waals surface area contributed by atoms with E-state index in [2.05, 4.69) is 48.3 Å². The molecule has 1 nitrogen and oxygen atoms in total. The van der Waals surface area contributed by atoms with Crippen molar-refractivity contribution in [3.05, 3.63) is 0 Å². The van der Waals surface area contributed by atoms with Crippen molar-refractivity contribution in [3.8, 4) is 0 Å². The molecule has 2 aliphatic rings. The largest absolute Gasteiger partial charge is 0.300 e. The Morgan fingerprint density at radius 3 is 2.00 bits per heavy atom. The summed E-state index contributed by atoms with van der Waals surface area (Å²) >= 11 is 2.68. The van der Waals surface area contributed by atoms with Crippen LogP contribution in [0.2, 0.25) is 0 Å². The van der Waals surface area contributed by atoms with Gasteiger partial charge in [-0.1, -0.05) is 42.9 Å². The first-order chi connectivity index (χ1) is 6.51. The molecule has 0 aromatic rings. The Morgan fingerprint density at radius 2 is 1.64 bits per heavy atom. The number of nitrogens with zero attached hydrogens (tertiary/aromatic N) is 1. The minimum absolute atomic E-state index is 0.512. The summed E-state index contributed by atoms with van der Waals surface area (Å²) in [5, 5.41) is 0. The average molecular weight is 307 g/mol. The van der Waals surface area contributed by atoms with Gasteiger partial charge < -0.3 is 0 Å². The summed E-state index contributed by atoms with van der Waals surface area (Å²) in [5.41, 5.74) is 0. The number of halogens is 1. The third kappa shape index (κ3) is 1.84. The smallest absolute Gasteiger partial charge is 0.0269 e. The third-order valence-electron chi connectivity index (χ3n) is 4.53. The van der Waals surface area contributed by atoms with Crippen LogP contribution in [0.4, 0.5) is 0 Å². The lowest BCUT2D eigenvalue weighted by molar-refractivity contribution is 0.0431. The summed E-state index contributed by atoms with van der Waals surface area (Å²) in [6, 6.07) is 0.937. The minimum atomic E-state index is 0.512. The Bertz CT molecular complexity index is 196. The Balaban J connectivity index is 2.00. The van der Waals surface area contributed by atoms with Crippen molar-refractivity contribution in [2.24, 2.45) is 11.8 Å². The number of alkyl halides is 1. The lowest BCUT2D eigenvalue weighted by Crippen LogP contribution is -2.55. The second-order valence-corrected chi connectivity index (χ2v) is 7.82. The summed E-state index contributed by atoms with van der Waals surface area (Å²) in [7, 11) is 0. The van der Waals surface area contributed by atoms with Crippen molar-refractivity contribution in [1.82, 2.24) is 4.90 Å². The molecule has 1 heterocycles. The van der Waals surface area contributed by atoms with Crippen LogP contribution in [0.1, 0.15) is 40.0 Å². The van der Waals surface area contributed by atoms with Crippen LogP contribution < -0.4 is 0 Å². The van der Waals surface area contributed by atoms with Gasteiger partial charge >= 0.3 is 0 Å². The molecule has 0 spiro atoms. The molecule has 0 amide bonds. The summed E-state index contributed by atoms with van der Waals surface area (Å²) in [4.78, 5) is 2.75. The van der Waals surface area contributed by atoms with E-state index in [4.69, 9.17) is 0 Å². The van der Waals surface area contributed by atoms with Gasteiger partial charge in [-0.25, -0.2) is 0 Å². The van der Waals surface area contributed by atoms with E-state index in [1.165, 1.54) is 32.4 Å². The van der Waals surface area contributed by atoms with Crippen molar-refractivity contribution in [2.45, 2.75) is 49.5 Å². The quantitative estimate of drug-likeness (QED) is 0.530. The highest BCUT2D eigenvalue weighted by molar-refractivity contribution is 14.1. The number of hydrogen-bond donors (Lipinski definition) is 0. The van der Waals surface area contributed by atoms with Crippen LogP contribution in [-0.2, 0) is 0 Å². The van der Waals surface area contributed by atoms with Crippen LogP contribution in [-0.4, -0.2) is 27.5 Å². The van der Waals surface area contributed by atoms with Crippen LogP contribution in [0.5, 0.6) is 0 Å². The molecular weight excluding hydrogens is 285 g/mol. The Labute approximate surface area is 102 Å². The summed E-state index contributed by atoms with van der Waals surface area (Å²) < 4.78 is 0.512. The highest BCUT2D eigenvalue weighted by Gasteiger charge is 2.42. The molecule has 1 saturated carbocycles. The molecule has 14 heavy (non-hydrogen) atoms. The van der Waals surface area contributed by atoms with Crippen molar-refractivity contribution < 1.29 is 0 Å². The SMILES string of the molecule is CC1CN(C2CCC2)CC(C)C1(C)I. The molecule has 1 aliphatic heterocycles. The average Bonchev–Trinajstić information content (AvgIpc) is 1.97. The maximum Gasteiger partial charge on any atom is 0.0269 e. The maximum atomic E-state index is 2.75. The standard InChI is InChI=1S/C12H22IN/c1-9-7-14(11-5-4-6-11)8-10(2)12(9,3)13/h9-11H,4-8H2,1-3H3. The van der Waals surface area contributed by atoms with Crippen molar-refractivity contribution >= 4 is 22.6 Å². The first-order valence-corrected chi connectivity index (χ1v) is 7.02. The van der Waals surface area contributed by atoms with Gasteiger partial charge in [-0.2, -0.15) is 0 Å². The molecule has 2 atom stereocenters. The molecule has 0 bridgehead atoms. The first-order valence-electron chi connectivity index (χ1n) is 5.94. The van der Waals surface area contributed by atoms with Gasteiger partial charge in [0.2, 0.25) is 0 Å². The fraction of sp³-hybridized carbons (Fsp3) is 1.00. The second-order valence-electron chi connectivity index (χ2n) is 5.49. The summed E-state index contributed by atoms with van der Waals surface area (Å²) in [6.07, 6.45) is 4.38. The molecule has 0 radical (unpaired) electrons. The number of hydrogen-bond acceptors (Lipinski definition) is 1. The second kappa shape index (κ2) is 3.93. The molecular formula is C12H22IN. The molecule has 0 aromatic heterocycles. The fourth-order valence-electron chi connectivity index (χ4n) is 2.67. The van der Waals surface area contributed by atoms with Gasteiger partial charge in [-0.3, -0.25) is 4.90 Å². The van der Waals surface area contributed by atoms with E-state index < -0.39 is 0 Å². The van der Waals surface area contributed by atoms with Crippen LogP contribution in [0.3, 0.4) is 0 Å². The topological polar surface area (TPSA) is 3.24 Å². The molecule has 2 unspecified atom stereocenters. The first kappa shape index (κ1) is 11.2. The number of likely N-dealkylation sites (tertiary alicyclic amines) is 1. The van der Waals surface area contributed by atoms with Crippen LogP contribution in [0.15, 0.2) is 0 Å². The third-order valence-corrected chi connectivity index (χ3v) is 6.66. The summed E-state index contributed by atoms with van der Waals surface area (Å²) in [6.45, 7) is 9.94. The van der Waals surface area contributed by atoms with Gasteiger partial charge in [-0.15, -0.1) is 0 Å². The van der Waals surface area contributed by atoms with Gasteiger partial charge in [0.1, 0.15) is 0 Å². The lowest BCUT2D eigenvalue weighted by Gasteiger charge is -2.50. The number of rotatable bonds is 1. The molecule has 0 N–H and O–H groups in total. The molecule has 1 aliphatic carbocycles. The fourth-order valence-corrected chi connectivity index (χ4v) is 3.06. The van der Waals surface area contributed by atoms with Gasteiger partial charge in [-0.05, 0) is 31.6 Å². The van der Waals surface area contributed by atoms with E-state index in [0.29, 0.717) is 3.42 Å². The minimum Gasteiger partial charge on any atom is -0.300 e. The zero-order chi connectivity index (χ0) is 10.3. The zero-order valence-corrected chi connectivity index (χ0v) is 11.8. The van der Waals surface area contributed by atoms with E-state index in [0.717, 1.165) is 17.9 Å². The molecule has 2 fully saturated rings. The van der Waals surface area contributed by atoms with E-state index in [1.54, 1.807) is 0 Å². The highest BCUT2D eigenvalue weighted by Crippen LogP contribution is 2.42. The van der Waals surface area contributed by atoms with Crippen molar-refractivity contribution in [3.63, 3.8) is 0 Å². The Morgan fingerprint density at radius 1 is 1.14 bits per heavy atom. The molecule has 82 valence electrons. The van der Waals surface area contributed by atoms with Crippen molar-refractivity contribution in [1.29, 1.82) is 0 Å². The molecule has 2 heteroatoms. The monoisotopic (exact) mass is 307 g/mol. The molecule has 1 saturated heterocycles. The molecule has 0 aromatic carbocycles. The lowest BCUT2D eigenvalue weighted by atomic mass is 9.78. The number of piperidine rings is 1. The predicted molar refractivity (Wildman–Crippen MR) is 70.0 cm³/mol. The van der Waals surface area contributed by atoms with E-state index >= 15 is 0 Å². The van der Waals surface area contributed by atoms with E-state index in [-0.39, 0.29) is 0 Å². The Hall–Kier alpha value is 0.690. The Kier molecular flexibility index (Phi) is 3.14. The van der Waals surface area contributed by atoms with Crippen LogP contribution in [0, 0.1) is 11.8 Å². The zero-order valence-electron chi connectivity index (χ0n) is 9.59. The normalized spacial score (nSPS) is 46.3. The maximum absolute atomic E-state index is 2.75. The predicted octanol–water partition coefficient (Wildman–Crippen LogP) is 3.32.